The summed E-state index contributed by atoms with van der Waals surface area (Å²) in [6.07, 6.45) is 2.41. The largest absolute Gasteiger partial charge is 0.457 e. The first-order chi connectivity index (χ1) is 13.5. The van der Waals surface area contributed by atoms with E-state index in [0.717, 1.165) is 28.8 Å². The molecule has 0 amide bonds. The van der Waals surface area contributed by atoms with Crippen molar-refractivity contribution in [1.82, 2.24) is 10.2 Å². The number of aryl methyl sites for hydroxylation is 1. The molecule has 1 aromatic carbocycles. The first-order valence-corrected chi connectivity index (χ1v) is 10.7. The van der Waals surface area contributed by atoms with E-state index in [2.05, 4.69) is 10.2 Å². The summed E-state index contributed by atoms with van der Waals surface area (Å²) in [5.41, 5.74) is 0.788. The SMILES string of the molecule is CCc1nnc([C@H]2C(=N)S/C(=C\c3ccc(-c4ccc(Cl)c(Cl)c4)o3)C2=O)s1. The van der Waals surface area contributed by atoms with Gasteiger partial charge in [-0.1, -0.05) is 41.9 Å². The second-order valence-electron chi connectivity index (χ2n) is 5.99. The van der Waals surface area contributed by atoms with Crippen LogP contribution in [0.15, 0.2) is 39.7 Å². The second kappa shape index (κ2) is 7.83. The van der Waals surface area contributed by atoms with Crippen LogP contribution in [0.5, 0.6) is 0 Å². The van der Waals surface area contributed by atoms with Gasteiger partial charge in [-0.15, -0.1) is 21.5 Å². The standard InChI is InChI=1S/C19H13Cl2N3O2S2/c1-2-15-23-24-19(28-15)16-17(25)14(27-18(16)22)8-10-4-6-13(26-10)9-3-5-11(20)12(21)7-9/h3-8,16,22H,2H2,1H3/b14-8-,22-18?/t16-/m1/s1. The lowest BCUT2D eigenvalue weighted by molar-refractivity contribution is -0.114. The molecule has 0 aliphatic carbocycles. The molecule has 3 heterocycles. The number of Topliss-reactive ketones (excluding diaryl/α,β-unsaturated/α-hetero) is 1. The van der Waals surface area contributed by atoms with Crippen LogP contribution < -0.4 is 0 Å². The Kier molecular flexibility index (Phi) is 5.42. The average Bonchev–Trinajstić information content (AvgIpc) is 3.38. The number of nitrogens with zero attached hydrogens (tertiary/aromatic N) is 2. The highest BCUT2D eigenvalue weighted by atomic mass is 35.5. The topological polar surface area (TPSA) is 79.8 Å². The molecule has 0 spiro atoms. The van der Waals surface area contributed by atoms with Gasteiger partial charge in [-0.3, -0.25) is 10.2 Å². The van der Waals surface area contributed by atoms with Crippen LogP contribution in [0.25, 0.3) is 17.4 Å². The van der Waals surface area contributed by atoms with Crippen LogP contribution in [0, 0.1) is 5.41 Å². The second-order valence-corrected chi connectivity index (χ2v) is 8.98. The Labute approximate surface area is 179 Å². The minimum Gasteiger partial charge on any atom is -0.457 e. The molecule has 0 unspecified atom stereocenters. The summed E-state index contributed by atoms with van der Waals surface area (Å²) in [5, 5.41) is 18.9. The molecule has 9 heteroatoms. The van der Waals surface area contributed by atoms with E-state index in [-0.39, 0.29) is 10.8 Å². The highest BCUT2D eigenvalue weighted by Gasteiger charge is 2.39. The van der Waals surface area contributed by atoms with E-state index in [0.29, 0.717) is 31.5 Å². The number of halogens is 2. The van der Waals surface area contributed by atoms with Gasteiger partial charge in [0.1, 0.15) is 27.5 Å². The van der Waals surface area contributed by atoms with Crippen molar-refractivity contribution in [3.8, 4) is 11.3 Å². The monoisotopic (exact) mass is 449 g/mol. The molecule has 2 aromatic heterocycles. The number of thioether (sulfide) groups is 1. The van der Waals surface area contributed by atoms with Gasteiger partial charge in [0.15, 0.2) is 5.78 Å². The third kappa shape index (κ3) is 3.67. The van der Waals surface area contributed by atoms with E-state index in [1.807, 2.05) is 13.0 Å². The first kappa shape index (κ1) is 19.4. The van der Waals surface area contributed by atoms with E-state index in [9.17, 15) is 4.79 Å². The van der Waals surface area contributed by atoms with Gasteiger partial charge in [-0.05, 0) is 42.8 Å². The van der Waals surface area contributed by atoms with Crippen LogP contribution in [-0.2, 0) is 11.2 Å². The fourth-order valence-electron chi connectivity index (χ4n) is 2.70. The average molecular weight is 450 g/mol. The fourth-order valence-corrected chi connectivity index (χ4v) is 4.94. The normalized spacial score (nSPS) is 18.4. The molecule has 1 aliphatic heterocycles. The number of benzene rings is 1. The molecule has 5 nitrogen and oxygen atoms in total. The predicted octanol–water partition coefficient (Wildman–Crippen LogP) is 6.09. The third-order valence-corrected chi connectivity index (χ3v) is 6.99. The lowest BCUT2D eigenvalue weighted by Crippen LogP contribution is -2.11. The quantitative estimate of drug-likeness (QED) is 0.487. The predicted molar refractivity (Wildman–Crippen MR) is 114 cm³/mol. The number of allylic oxidation sites excluding steroid dienone is 1. The molecule has 1 fully saturated rings. The maximum atomic E-state index is 12.8. The van der Waals surface area contributed by atoms with Crippen molar-refractivity contribution in [2.24, 2.45) is 0 Å². The van der Waals surface area contributed by atoms with Gasteiger partial charge in [0.05, 0.1) is 20.0 Å². The highest BCUT2D eigenvalue weighted by Crippen LogP contribution is 2.42. The zero-order valence-electron chi connectivity index (χ0n) is 14.5. The van der Waals surface area contributed by atoms with Crippen LogP contribution in [0.1, 0.15) is 28.6 Å². The van der Waals surface area contributed by atoms with Crippen molar-refractivity contribution in [3.63, 3.8) is 0 Å². The van der Waals surface area contributed by atoms with Crippen molar-refractivity contribution in [2.75, 3.05) is 0 Å². The summed E-state index contributed by atoms with van der Waals surface area (Å²) in [4.78, 5) is 13.3. The highest BCUT2D eigenvalue weighted by molar-refractivity contribution is 8.19. The minimum atomic E-state index is -0.668. The Balaban J connectivity index is 1.59. The first-order valence-electron chi connectivity index (χ1n) is 8.36. The van der Waals surface area contributed by atoms with Crippen molar-refractivity contribution < 1.29 is 9.21 Å². The number of hydrogen-bond acceptors (Lipinski definition) is 7. The summed E-state index contributed by atoms with van der Waals surface area (Å²) in [6.45, 7) is 1.98. The van der Waals surface area contributed by atoms with Gasteiger partial charge in [-0.2, -0.15) is 0 Å². The Morgan fingerprint density at radius 2 is 2.04 bits per heavy atom. The van der Waals surface area contributed by atoms with Gasteiger partial charge < -0.3 is 4.42 Å². The molecule has 1 N–H and O–H groups in total. The maximum Gasteiger partial charge on any atom is 0.186 e. The van der Waals surface area contributed by atoms with Gasteiger partial charge >= 0.3 is 0 Å². The summed E-state index contributed by atoms with van der Waals surface area (Å²) >= 11 is 14.5. The maximum absolute atomic E-state index is 12.8. The van der Waals surface area contributed by atoms with E-state index in [1.165, 1.54) is 11.3 Å². The number of rotatable bonds is 4. The van der Waals surface area contributed by atoms with Crippen LogP contribution in [-0.4, -0.2) is 21.0 Å². The third-order valence-electron chi connectivity index (χ3n) is 4.12. The summed E-state index contributed by atoms with van der Waals surface area (Å²) in [5.74, 6) is 0.320. The van der Waals surface area contributed by atoms with Crippen LogP contribution >= 0.6 is 46.3 Å². The molecule has 0 radical (unpaired) electrons. The van der Waals surface area contributed by atoms with Gasteiger partial charge in [0, 0.05) is 5.56 Å². The Bertz CT molecular complexity index is 1120. The molecule has 1 aliphatic rings. The van der Waals surface area contributed by atoms with E-state index in [4.69, 9.17) is 33.0 Å². The van der Waals surface area contributed by atoms with E-state index in [1.54, 1.807) is 30.3 Å². The van der Waals surface area contributed by atoms with Crippen LogP contribution in [0.3, 0.4) is 0 Å². The number of aromatic nitrogens is 2. The Morgan fingerprint density at radius 3 is 2.75 bits per heavy atom. The van der Waals surface area contributed by atoms with Gasteiger partial charge in [0.25, 0.3) is 0 Å². The Morgan fingerprint density at radius 1 is 1.21 bits per heavy atom. The number of carbonyl (C=O) groups excluding carboxylic acids is 1. The molecule has 0 saturated carbocycles. The summed E-state index contributed by atoms with van der Waals surface area (Å²) < 4.78 is 5.83. The number of nitrogens with one attached hydrogen (secondary N) is 1. The van der Waals surface area contributed by atoms with E-state index >= 15 is 0 Å². The molecule has 1 atom stereocenters. The lowest BCUT2D eigenvalue weighted by atomic mass is 10.1. The zero-order valence-corrected chi connectivity index (χ0v) is 17.7. The van der Waals surface area contributed by atoms with Crippen molar-refractivity contribution in [1.29, 1.82) is 5.41 Å². The van der Waals surface area contributed by atoms with E-state index < -0.39 is 5.92 Å². The Hall–Kier alpha value is -1.93. The number of ketones is 1. The molecular formula is C19H13Cl2N3O2S2. The number of hydrogen-bond donors (Lipinski definition) is 1. The molecule has 28 heavy (non-hydrogen) atoms. The molecule has 1 saturated heterocycles. The molecule has 4 rings (SSSR count). The van der Waals surface area contributed by atoms with Crippen LogP contribution in [0.4, 0.5) is 0 Å². The zero-order chi connectivity index (χ0) is 19.8. The summed E-state index contributed by atoms with van der Waals surface area (Å²) in [6, 6.07) is 8.81. The minimum absolute atomic E-state index is 0.152. The van der Waals surface area contributed by atoms with Crippen molar-refractivity contribution in [2.45, 2.75) is 19.3 Å². The van der Waals surface area contributed by atoms with Crippen molar-refractivity contribution >= 4 is 63.2 Å². The lowest BCUT2D eigenvalue weighted by Gasteiger charge is -2.00. The molecule has 0 bridgehead atoms. The van der Waals surface area contributed by atoms with Gasteiger partial charge in [0.2, 0.25) is 0 Å². The number of furan rings is 1. The number of carbonyl (C=O) groups is 1. The smallest absolute Gasteiger partial charge is 0.186 e. The summed E-state index contributed by atoms with van der Waals surface area (Å²) in [7, 11) is 0. The van der Waals surface area contributed by atoms with Crippen LogP contribution in [0.2, 0.25) is 10.0 Å². The molecule has 142 valence electrons. The van der Waals surface area contributed by atoms with Gasteiger partial charge in [-0.25, -0.2) is 0 Å². The fraction of sp³-hybridized carbons (Fsp3) is 0.158. The van der Waals surface area contributed by atoms with Crippen molar-refractivity contribution in [3.05, 3.63) is 61.1 Å². The molecular weight excluding hydrogens is 437 g/mol. The molecule has 3 aromatic rings.